The summed E-state index contributed by atoms with van der Waals surface area (Å²) >= 11 is 1.57. The third-order valence-electron chi connectivity index (χ3n) is 4.53. The van der Waals surface area contributed by atoms with Crippen molar-refractivity contribution in [3.8, 4) is 0 Å². The van der Waals surface area contributed by atoms with Crippen molar-refractivity contribution < 1.29 is 23.9 Å². The molecule has 2 fully saturated rings. The van der Waals surface area contributed by atoms with E-state index in [1.807, 2.05) is 6.92 Å². The molecular weight excluding hydrogens is 370 g/mol. The number of carbonyl (C=O) groups is 4. The highest BCUT2D eigenvalue weighted by Crippen LogP contribution is 2.47. The molecule has 0 saturated carbocycles. The predicted octanol–water partition coefficient (Wildman–Crippen LogP) is 1.58. The van der Waals surface area contributed by atoms with Gasteiger partial charge < -0.3 is 20.3 Å². The zero-order valence-electron chi connectivity index (χ0n) is 15.1. The van der Waals surface area contributed by atoms with Crippen molar-refractivity contribution in [1.29, 1.82) is 0 Å². The fourth-order valence-corrected chi connectivity index (χ4v) is 4.72. The summed E-state index contributed by atoms with van der Waals surface area (Å²) in [7, 11) is 0. The molecule has 9 heteroatoms. The molecule has 2 N–H and O–H groups in total. The van der Waals surface area contributed by atoms with E-state index in [-0.39, 0.29) is 16.7 Å². The first-order valence-corrected chi connectivity index (χ1v) is 9.57. The normalized spacial score (nSPS) is 23.7. The number of esters is 1. The summed E-state index contributed by atoms with van der Waals surface area (Å²) in [5, 5.41) is 5.23. The maximum atomic E-state index is 12.4. The maximum Gasteiger partial charge on any atom is 0.330 e. The molecule has 2 saturated heterocycles. The van der Waals surface area contributed by atoms with Gasteiger partial charge in [0.2, 0.25) is 11.8 Å². The lowest BCUT2D eigenvalue weighted by atomic mass is 10.2. The predicted molar refractivity (Wildman–Crippen MR) is 101 cm³/mol. The number of hydrogen-bond donors (Lipinski definition) is 2. The van der Waals surface area contributed by atoms with Crippen molar-refractivity contribution in [2.24, 2.45) is 0 Å². The number of nitrogens with zero attached hydrogens (tertiary/aromatic N) is 1. The van der Waals surface area contributed by atoms with Crippen LogP contribution in [0.4, 0.5) is 11.4 Å². The number of hydrogen-bond acceptors (Lipinski definition) is 6. The molecule has 2 aliphatic rings. The van der Waals surface area contributed by atoms with Gasteiger partial charge in [0, 0.05) is 30.5 Å². The summed E-state index contributed by atoms with van der Waals surface area (Å²) in [6.45, 7) is 2.90. The molecule has 3 amide bonds. The molecule has 0 bridgehead atoms. The third kappa shape index (κ3) is 4.24. The highest BCUT2D eigenvalue weighted by Gasteiger charge is 2.53. The number of rotatable bonds is 5. The van der Waals surface area contributed by atoms with Crippen LogP contribution in [-0.2, 0) is 23.9 Å². The Bertz CT molecular complexity index is 799. The van der Waals surface area contributed by atoms with Gasteiger partial charge in [-0.05, 0) is 31.5 Å². The number of carbonyl (C=O) groups excluding carboxylic acids is 4. The fraction of sp³-hybridized carbons (Fsp3) is 0.444. The molecule has 0 aliphatic carbocycles. The Balaban J connectivity index is 1.53. The molecule has 1 aromatic carbocycles. The van der Waals surface area contributed by atoms with E-state index in [9.17, 15) is 19.2 Å². The first kappa shape index (κ1) is 19.2. The van der Waals surface area contributed by atoms with E-state index in [0.717, 1.165) is 0 Å². The van der Waals surface area contributed by atoms with Crippen LogP contribution in [-0.4, -0.2) is 51.9 Å². The number of ether oxygens (including phenoxy) is 1. The minimum atomic E-state index is -0.647. The van der Waals surface area contributed by atoms with Gasteiger partial charge >= 0.3 is 5.97 Å². The number of thioether (sulfide) groups is 1. The van der Waals surface area contributed by atoms with E-state index < -0.39 is 24.5 Å². The van der Waals surface area contributed by atoms with Gasteiger partial charge in [-0.3, -0.25) is 14.4 Å². The Labute approximate surface area is 161 Å². The van der Waals surface area contributed by atoms with Crippen molar-refractivity contribution >= 4 is 46.8 Å². The fourth-order valence-electron chi connectivity index (χ4n) is 3.30. The molecule has 1 aromatic rings. The van der Waals surface area contributed by atoms with Crippen molar-refractivity contribution in [3.05, 3.63) is 24.3 Å². The number of benzene rings is 1. The molecule has 0 spiro atoms. The van der Waals surface area contributed by atoms with Gasteiger partial charge in [-0.2, -0.15) is 0 Å². The summed E-state index contributed by atoms with van der Waals surface area (Å²) in [4.78, 5) is 48.8. The Hall–Kier alpha value is -2.55. The topological polar surface area (TPSA) is 105 Å². The zero-order chi connectivity index (χ0) is 19.6. The van der Waals surface area contributed by atoms with Gasteiger partial charge in [-0.1, -0.05) is 6.07 Å². The highest BCUT2D eigenvalue weighted by molar-refractivity contribution is 8.01. The molecular formula is C18H21N3O5S. The summed E-state index contributed by atoms with van der Waals surface area (Å²) in [6, 6.07) is 5.99. The van der Waals surface area contributed by atoms with Crippen LogP contribution in [0.1, 0.15) is 26.7 Å². The van der Waals surface area contributed by atoms with Crippen molar-refractivity contribution in [2.45, 2.75) is 37.6 Å². The Kier molecular flexibility index (Phi) is 5.41. The van der Waals surface area contributed by atoms with Crippen LogP contribution in [0.2, 0.25) is 0 Å². The molecule has 0 unspecified atom stereocenters. The molecule has 0 aromatic heterocycles. The molecule has 2 atom stereocenters. The second-order valence-electron chi connectivity index (χ2n) is 6.68. The molecule has 0 radical (unpaired) electrons. The molecule has 3 rings (SSSR count). The summed E-state index contributed by atoms with van der Waals surface area (Å²) < 4.78 is 5.13. The monoisotopic (exact) mass is 391 g/mol. The van der Waals surface area contributed by atoms with E-state index in [4.69, 9.17) is 4.74 Å². The minimum Gasteiger partial charge on any atom is -0.454 e. The standard InChI is InChI=1S/C18H21N3O5S/c1-11(22)19-12-4-3-5-13(8-12)20-15(23)9-26-17(25)14-10-27-18(2)7-6-16(24)21(14)18/h3-5,8,14H,6-7,9-10H2,1-2H3,(H,19,22)(H,20,23)/t14-,18-/m0/s1. The minimum absolute atomic E-state index is 0.0521. The summed E-state index contributed by atoms with van der Waals surface area (Å²) in [5.41, 5.74) is 1.02. The number of fused-ring (bicyclic) bond motifs is 1. The quantitative estimate of drug-likeness (QED) is 0.739. The van der Waals surface area contributed by atoms with E-state index in [2.05, 4.69) is 10.6 Å². The summed E-state index contributed by atoms with van der Waals surface area (Å²) in [6.07, 6.45) is 1.14. The third-order valence-corrected chi connectivity index (χ3v) is 6.03. The van der Waals surface area contributed by atoms with Gasteiger partial charge in [-0.15, -0.1) is 11.8 Å². The number of anilines is 2. The van der Waals surface area contributed by atoms with E-state index in [1.165, 1.54) is 6.92 Å². The van der Waals surface area contributed by atoms with Crippen molar-refractivity contribution in [3.63, 3.8) is 0 Å². The van der Waals surface area contributed by atoms with Crippen LogP contribution in [0.5, 0.6) is 0 Å². The second kappa shape index (κ2) is 7.59. The van der Waals surface area contributed by atoms with Crippen LogP contribution in [0.25, 0.3) is 0 Å². The van der Waals surface area contributed by atoms with Gasteiger partial charge in [0.15, 0.2) is 6.61 Å². The lowest BCUT2D eigenvalue weighted by Gasteiger charge is -2.29. The van der Waals surface area contributed by atoms with E-state index in [1.54, 1.807) is 40.9 Å². The molecule has 144 valence electrons. The van der Waals surface area contributed by atoms with Gasteiger partial charge in [-0.25, -0.2) is 4.79 Å². The SMILES string of the molecule is CC(=O)Nc1cccc(NC(=O)COC(=O)[C@@H]2CS[C@@]3(C)CCC(=O)N23)c1. The number of amides is 3. The second-order valence-corrected chi connectivity index (χ2v) is 8.18. The van der Waals surface area contributed by atoms with E-state index in [0.29, 0.717) is 30.0 Å². The lowest BCUT2D eigenvalue weighted by Crippen LogP contribution is -2.47. The first-order valence-electron chi connectivity index (χ1n) is 8.59. The zero-order valence-corrected chi connectivity index (χ0v) is 15.9. The average molecular weight is 391 g/mol. The molecule has 27 heavy (non-hydrogen) atoms. The van der Waals surface area contributed by atoms with Crippen LogP contribution in [0.3, 0.4) is 0 Å². The average Bonchev–Trinajstić information content (AvgIpc) is 3.09. The molecule has 2 heterocycles. The van der Waals surface area contributed by atoms with Crippen LogP contribution >= 0.6 is 11.8 Å². The van der Waals surface area contributed by atoms with Gasteiger partial charge in [0.25, 0.3) is 5.91 Å². The Morgan fingerprint density at radius 1 is 1.30 bits per heavy atom. The van der Waals surface area contributed by atoms with Crippen molar-refractivity contribution in [1.82, 2.24) is 4.90 Å². The van der Waals surface area contributed by atoms with Crippen molar-refractivity contribution in [2.75, 3.05) is 23.0 Å². The Morgan fingerprint density at radius 3 is 2.70 bits per heavy atom. The summed E-state index contributed by atoms with van der Waals surface area (Å²) in [5.74, 6) is -0.858. The van der Waals surface area contributed by atoms with Gasteiger partial charge in [0.1, 0.15) is 6.04 Å². The molecule has 8 nitrogen and oxygen atoms in total. The number of nitrogens with one attached hydrogen (secondary N) is 2. The van der Waals surface area contributed by atoms with Crippen LogP contribution in [0, 0.1) is 0 Å². The highest BCUT2D eigenvalue weighted by atomic mass is 32.2. The first-order chi connectivity index (χ1) is 12.8. The van der Waals surface area contributed by atoms with Gasteiger partial charge in [0.05, 0.1) is 4.87 Å². The Morgan fingerprint density at radius 2 is 2.00 bits per heavy atom. The van der Waals surface area contributed by atoms with Crippen LogP contribution < -0.4 is 10.6 Å². The molecule has 2 aliphatic heterocycles. The van der Waals surface area contributed by atoms with Crippen LogP contribution in [0.15, 0.2) is 24.3 Å². The van der Waals surface area contributed by atoms with E-state index >= 15 is 0 Å². The smallest absolute Gasteiger partial charge is 0.330 e. The lowest BCUT2D eigenvalue weighted by molar-refractivity contribution is -0.155. The largest absolute Gasteiger partial charge is 0.454 e. The maximum absolute atomic E-state index is 12.4.